The van der Waals surface area contributed by atoms with E-state index in [1.54, 1.807) is 31.2 Å². The smallest absolute Gasteiger partial charge is 0.265 e. The second-order valence-corrected chi connectivity index (χ2v) is 6.00. The van der Waals surface area contributed by atoms with Crippen LogP contribution in [0.5, 0.6) is 0 Å². The molecule has 2 rings (SSSR count). The number of nitrogens with one attached hydrogen (secondary N) is 2. The van der Waals surface area contributed by atoms with Crippen molar-refractivity contribution in [2.24, 2.45) is 0 Å². The largest absolute Gasteiger partial charge is 0.384 e. The van der Waals surface area contributed by atoms with E-state index in [0.29, 0.717) is 18.0 Å². The fraction of sp³-hybridized carbons (Fsp3) is 0.308. The Balaban J connectivity index is 2.29. The van der Waals surface area contributed by atoms with Gasteiger partial charge < -0.3 is 9.84 Å². The fourth-order valence-corrected chi connectivity index (χ4v) is 2.88. The van der Waals surface area contributed by atoms with Gasteiger partial charge in [0.05, 0.1) is 5.69 Å². The lowest BCUT2D eigenvalue weighted by Gasteiger charge is -2.11. The second kappa shape index (κ2) is 5.96. The molecule has 2 N–H and O–H groups in total. The Hall–Kier alpha value is -2.02. The molecular weight excluding hydrogens is 278 g/mol. The lowest BCUT2D eigenvalue weighted by atomic mass is 10.3. The molecule has 1 aromatic heterocycles. The SMILES string of the molecule is CCCNc1ccccc1S(=O)(=O)Nc1cc(C)on1. The van der Waals surface area contributed by atoms with E-state index < -0.39 is 10.0 Å². The van der Waals surface area contributed by atoms with Gasteiger partial charge in [-0.3, -0.25) is 4.72 Å². The van der Waals surface area contributed by atoms with Gasteiger partial charge in [0.2, 0.25) is 0 Å². The lowest BCUT2D eigenvalue weighted by Crippen LogP contribution is -2.15. The molecule has 0 aliphatic carbocycles. The summed E-state index contributed by atoms with van der Waals surface area (Å²) in [5.74, 6) is 0.716. The molecule has 0 atom stereocenters. The van der Waals surface area contributed by atoms with Crippen molar-refractivity contribution in [1.29, 1.82) is 0 Å². The molecule has 0 saturated carbocycles. The zero-order valence-corrected chi connectivity index (χ0v) is 12.2. The first-order valence-electron chi connectivity index (χ1n) is 6.32. The summed E-state index contributed by atoms with van der Waals surface area (Å²) in [7, 11) is -3.70. The van der Waals surface area contributed by atoms with E-state index >= 15 is 0 Å². The minimum Gasteiger partial charge on any atom is -0.384 e. The minimum absolute atomic E-state index is 0.174. The molecule has 1 aromatic carbocycles. The van der Waals surface area contributed by atoms with Gasteiger partial charge in [0.15, 0.2) is 5.82 Å². The quantitative estimate of drug-likeness (QED) is 0.855. The zero-order valence-electron chi connectivity index (χ0n) is 11.4. The molecule has 2 aromatic rings. The number of aryl methyl sites for hydroxylation is 1. The Morgan fingerprint density at radius 1 is 1.30 bits per heavy atom. The molecule has 7 heteroatoms. The van der Waals surface area contributed by atoms with Gasteiger partial charge in [-0.05, 0) is 25.5 Å². The standard InChI is InChI=1S/C13H17N3O3S/c1-3-8-14-11-6-4-5-7-12(11)20(17,18)16-13-9-10(2)19-15-13/h4-7,9,14H,3,8H2,1-2H3,(H,15,16). The highest BCUT2D eigenvalue weighted by atomic mass is 32.2. The summed E-state index contributed by atoms with van der Waals surface area (Å²) in [6, 6.07) is 8.28. The molecule has 20 heavy (non-hydrogen) atoms. The first-order chi connectivity index (χ1) is 9.53. The number of aromatic nitrogens is 1. The fourth-order valence-electron chi connectivity index (χ4n) is 1.71. The van der Waals surface area contributed by atoms with Crippen LogP contribution in [0, 0.1) is 6.92 Å². The number of para-hydroxylation sites is 1. The van der Waals surface area contributed by atoms with Crippen molar-refractivity contribution in [3.8, 4) is 0 Å². The molecule has 1 heterocycles. The molecular formula is C13H17N3O3S. The Kier molecular flexibility index (Phi) is 4.29. The molecule has 108 valence electrons. The summed E-state index contributed by atoms with van der Waals surface area (Å²) in [6.07, 6.45) is 0.907. The van der Waals surface area contributed by atoms with Crippen LogP contribution in [0.25, 0.3) is 0 Å². The summed E-state index contributed by atoms with van der Waals surface area (Å²) in [6.45, 7) is 4.41. The highest BCUT2D eigenvalue weighted by Gasteiger charge is 2.19. The molecule has 0 aliphatic rings. The zero-order chi connectivity index (χ0) is 14.6. The summed E-state index contributed by atoms with van der Waals surface area (Å²) in [5.41, 5.74) is 0.571. The van der Waals surface area contributed by atoms with Crippen LogP contribution < -0.4 is 10.0 Å². The second-order valence-electron chi connectivity index (χ2n) is 4.35. The Labute approximate surface area is 118 Å². The predicted octanol–water partition coefficient (Wildman–Crippen LogP) is 2.61. The average Bonchev–Trinajstić information content (AvgIpc) is 2.81. The van der Waals surface area contributed by atoms with Gasteiger partial charge in [0, 0.05) is 12.6 Å². The van der Waals surface area contributed by atoms with E-state index in [2.05, 4.69) is 15.2 Å². The normalized spacial score (nSPS) is 11.3. The van der Waals surface area contributed by atoms with Crippen LogP contribution in [-0.2, 0) is 10.0 Å². The highest BCUT2D eigenvalue weighted by molar-refractivity contribution is 7.92. The molecule has 0 saturated heterocycles. The van der Waals surface area contributed by atoms with E-state index in [1.807, 2.05) is 6.92 Å². The lowest BCUT2D eigenvalue weighted by molar-refractivity contribution is 0.400. The molecule has 0 bridgehead atoms. The summed E-state index contributed by atoms with van der Waals surface area (Å²) in [4.78, 5) is 0.189. The molecule has 0 radical (unpaired) electrons. The van der Waals surface area contributed by atoms with E-state index in [0.717, 1.165) is 6.42 Å². The van der Waals surface area contributed by atoms with Crippen molar-refractivity contribution in [2.45, 2.75) is 25.2 Å². The van der Waals surface area contributed by atoms with Crippen molar-refractivity contribution in [1.82, 2.24) is 5.16 Å². The average molecular weight is 295 g/mol. The maximum atomic E-state index is 12.4. The van der Waals surface area contributed by atoms with Gasteiger partial charge in [-0.25, -0.2) is 8.42 Å². The van der Waals surface area contributed by atoms with Crippen LogP contribution in [0.3, 0.4) is 0 Å². The number of rotatable bonds is 6. The topological polar surface area (TPSA) is 84.2 Å². The third-order valence-electron chi connectivity index (χ3n) is 2.61. The predicted molar refractivity (Wildman–Crippen MR) is 77.3 cm³/mol. The Bertz CT molecular complexity index is 680. The Morgan fingerprint density at radius 3 is 2.70 bits per heavy atom. The molecule has 0 unspecified atom stereocenters. The van der Waals surface area contributed by atoms with Crippen LogP contribution >= 0.6 is 0 Å². The van der Waals surface area contributed by atoms with E-state index in [-0.39, 0.29) is 10.7 Å². The van der Waals surface area contributed by atoms with Crippen molar-refractivity contribution in [3.05, 3.63) is 36.1 Å². The van der Waals surface area contributed by atoms with Gasteiger partial charge in [-0.1, -0.05) is 24.2 Å². The minimum atomic E-state index is -3.70. The van der Waals surface area contributed by atoms with Gasteiger partial charge in [0.25, 0.3) is 10.0 Å². The number of nitrogens with zero attached hydrogens (tertiary/aromatic N) is 1. The van der Waals surface area contributed by atoms with Crippen LogP contribution in [0.2, 0.25) is 0 Å². The third-order valence-corrected chi connectivity index (χ3v) is 4.02. The van der Waals surface area contributed by atoms with Crippen LogP contribution in [0.4, 0.5) is 11.5 Å². The maximum absolute atomic E-state index is 12.4. The van der Waals surface area contributed by atoms with Gasteiger partial charge in [0.1, 0.15) is 10.7 Å². The monoisotopic (exact) mass is 295 g/mol. The van der Waals surface area contributed by atoms with E-state index in [9.17, 15) is 8.42 Å². The van der Waals surface area contributed by atoms with Gasteiger partial charge >= 0.3 is 0 Å². The molecule has 0 aliphatic heterocycles. The van der Waals surface area contributed by atoms with E-state index in [4.69, 9.17) is 4.52 Å². The van der Waals surface area contributed by atoms with Crippen LogP contribution in [0.1, 0.15) is 19.1 Å². The van der Waals surface area contributed by atoms with Crippen LogP contribution in [-0.4, -0.2) is 20.1 Å². The summed E-state index contributed by atoms with van der Waals surface area (Å²) < 4.78 is 32.0. The number of anilines is 2. The van der Waals surface area contributed by atoms with Crippen LogP contribution in [0.15, 0.2) is 39.8 Å². The van der Waals surface area contributed by atoms with Crippen molar-refractivity contribution < 1.29 is 12.9 Å². The van der Waals surface area contributed by atoms with E-state index in [1.165, 1.54) is 6.07 Å². The molecule has 0 fully saturated rings. The third kappa shape index (κ3) is 3.30. The first-order valence-corrected chi connectivity index (χ1v) is 7.80. The molecule has 0 amide bonds. The maximum Gasteiger partial charge on any atom is 0.265 e. The van der Waals surface area contributed by atoms with Gasteiger partial charge in [-0.15, -0.1) is 0 Å². The Morgan fingerprint density at radius 2 is 2.05 bits per heavy atom. The van der Waals surface area contributed by atoms with Gasteiger partial charge in [-0.2, -0.15) is 0 Å². The van der Waals surface area contributed by atoms with Crippen molar-refractivity contribution in [2.75, 3.05) is 16.6 Å². The highest BCUT2D eigenvalue weighted by Crippen LogP contribution is 2.23. The summed E-state index contributed by atoms with van der Waals surface area (Å²) >= 11 is 0. The summed E-state index contributed by atoms with van der Waals surface area (Å²) in [5, 5.41) is 6.73. The van der Waals surface area contributed by atoms with Crippen molar-refractivity contribution in [3.63, 3.8) is 0 Å². The number of benzene rings is 1. The van der Waals surface area contributed by atoms with Crippen molar-refractivity contribution >= 4 is 21.5 Å². The molecule has 0 spiro atoms. The first kappa shape index (κ1) is 14.4. The number of sulfonamides is 1. The number of hydrogen-bond acceptors (Lipinski definition) is 5. The molecule has 6 nitrogen and oxygen atoms in total. The number of hydrogen-bond donors (Lipinski definition) is 2.